The van der Waals surface area contributed by atoms with E-state index >= 15 is 0 Å². The van der Waals surface area contributed by atoms with E-state index in [0.29, 0.717) is 17.9 Å². The SMILES string of the molecule is CCOc1ccc(C(NC(=O)c2cccc([N+](=O)[O-])c2)NC(=O)c2cccc([N+](=O)[O-])c2)cc1. The summed E-state index contributed by atoms with van der Waals surface area (Å²) in [7, 11) is 0. The van der Waals surface area contributed by atoms with Crippen LogP contribution in [0.25, 0.3) is 0 Å². The summed E-state index contributed by atoms with van der Waals surface area (Å²) in [6.07, 6.45) is -1.05. The Morgan fingerprint density at radius 2 is 1.29 bits per heavy atom. The molecule has 0 saturated heterocycles. The molecule has 0 atom stereocenters. The first kappa shape index (κ1) is 23.9. The monoisotopic (exact) mass is 464 g/mol. The molecule has 3 aromatic rings. The van der Waals surface area contributed by atoms with Gasteiger partial charge in [0, 0.05) is 35.4 Å². The fourth-order valence-electron chi connectivity index (χ4n) is 3.08. The number of rotatable bonds is 9. The van der Waals surface area contributed by atoms with Crippen LogP contribution in [-0.4, -0.2) is 28.3 Å². The molecule has 2 amide bonds. The van der Waals surface area contributed by atoms with Gasteiger partial charge in [-0.3, -0.25) is 29.8 Å². The highest BCUT2D eigenvalue weighted by Crippen LogP contribution is 2.20. The van der Waals surface area contributed by atoms with Crippen LogP contribution in [0.5, 0.6) is 5.75 Å². The average molecular weight is 464 g/mol. The topological polar surface area (TPSA) is 154 Å². The first-order chi connectivity index (χ1) is 16.3. The number of nitro benzene ring substituents is 2. The van der Waals surface area contributed by atoms with E-state index in [1.165, 1.54) is 36.4 Å². The van der Waals surface area contributed by atoms with Crippen LogP contribution in [-0.2, 0) is 0 Å². The van der Waals surface area contributed by atoms with Crippen LogP contribution in [0.3, 0.4) is 0 Å². The van der Waals surface area contributed by atoms with Crippen molar-refractivity contribution in [2.45, 2.75) is 13.1 Å². The van der Waals surface area contributed by atoms with Crippen LogP contribution in [0.15, 0.2) is 72.8 Å². The summed E-state index contributed by atoms with van der Waals surface area (Å²) >= 11 is 0. The zero-order valence-electron chi connectivity index (χ0n) is 18.0. The van der Waals surface area contributed by atoms with E-state index in [4.69, 9.17) is 4.74 Å². The van der Waals surface area contributed by atoms with Gasteiger partial charge in [-0.15, -0.1) is 0 Å². The van der Waals surface area contributed by atoms with E-state index in [0.717, 1.165) is 12.1 Å². The molecule has 0 radical (unpaired) electrons. The lowest BCUT2D eigenvalue weighted by atomic mass is 10.1. The highest BCUT2D eigenvalue weighted by Gasteiger charge is 2.21. The number of nitrogens with one attached hydrogen (secondary N) is 2. The minimum absolute atomic E-state index is 0.0229. The maximum atomic E-state index is 12.8. The molecule has 11 nitrogen and oxygen atoms in total. The normalized spacial score (nSPS) is 10.4. The summed E-state index contributed by atoms with van der Waals surface area (Å²) in [5, 5.41) is 27.4. The molecule has 0 aliphatic rings. The van der Waals surface area contributed by atoms with Crippen molar-refractivity contribution in [2.75, 3.05) is 6.61 Å². The lowest BCUT2D eigenvalue weighted by Gasteiger charge is -2.21. The molecule has 0 aliphatic carbocycles. The first-order valence-corrected chi connectivity index (χ1v) is 10.1. The van der Waals surface area contributed by atoms with Crippen molar-refractivity contribution in [1.29, 1.82) is 0 Å². The molecule has 11 heteroatoms. The largest absolute Gasteiger partial charge is 0.494 e. The second kappa shape index (κ2) is 10.7. The van der Waals surface area contributed by atoms with Gasteiger partial charge < -0.3 is 15.4 Å². The van der Waals surface area contributed by atoms with Crippen molar-refractivity contribution in [2.24, 2.45) is 0 Å². The van der Waals surface area contributed by atoms with E-state index < -0.39 is 27.8 Å². The van der Waals surface area contributed by atoms with Gasteiger partial charge in [0.2, 0.25) is 0 Å². The number of hydrogen-bond donors (Lipinski definition) is 2. The molecule has 0 unspecified atom stereocenters. The maximum absolute atomic E-state index is 12.8. The van der Waals surface area contributed by atoms with Crippen molar-refractivity contribution < 1.29 is 24.2 Å². The Balaban J connectivity index is 1.89. The molecule has 3 aromatic carbocycles. The fourth-order valence-corrected chi connectivity index (χ4v) is 3.08. The summed E-state index contributed by atoms with van der Waals surface area (Å²) in [4.78, 5) is 46.5. The van der Waals surface area contributed by atoms with Crippen LogP contribution in [0.2, 0.25) is 0 Å². The molecular formula is C23H20N4O7. The van der Waals surface area contributed by atoms with Gasteiger partial charge in [-0.05, 0) is 36.8 Å². The minimum Gasteiger partial charge on any atom is -0.494 e. The Kier molecular flexibility index (Phi) is 7.49. The van der Waals surface area contributed by atoms with Gasteiger partial charge in [0.15, 0.2) is 0 Å². The molecule has 0 heterocycles. The minimum atomic E-state index is -1.05. The first-order valence-electron chi connectivity index (χ1n) is 10.1. The molecule has 0 spiro atoms. The number of nitrogens with zero attached hydrogens (tertiary/aromatic N) is 2. The number of amides is 2. The average Bonchev–Trinajstić information content (AvgIpc) is 2.84. The highest BCUT2D eigenvalue weighted by molar-refractivity contribution is 5.97. The Hall–Kier alpha value is -4.80. The van der Waals surface area contributed by atoms with E-state index in [9.17, 15) is 29.8 Å². The third-order valence-electron chi connectivity index (χ3n) is 4.71. The lowest BCUT2D eigenvalue weighted by Crippen LogP contribution is -2.41. The Morgan fingerprint density at radius 3 is 1.71 bits per heavy atom. The number of carbonyl (C=O) groups is 2. The second-order valence-corrected chi connectivity index (χ2v) is 7.00. The predicted octanol–water partition coefficient (Wildman–Crippen LogP) is 3.76. The number of ether oxygens (including phenoxy) is 1. The maximum Gasteiger partial charge on any atom is 0.270 e. The second-order valence-electron chi connectivity index (χ2n) is 7.00. The van der Waals surface area contributed by atoms with Crippen molar-refractivity contribution in [3.63, 3.8) is 0 Å². The quantitative estimate of drug-likeness (QED) is 0.278. The lowest BCUT2D eigenvalue weighted by molar-refractivity contribution is -0.385. The van der Waals surface area contributed by atoms with Crippen LogP contribution < -0.4 is 15.4 Å². The standard InChI is InChI=1S/C23H20N4O7/c1-2-34-20-11-9-15(10-12-20)21(24-22(28)16-5-3-7-18(13-16)26(30)31)25-23(29)17-6-4-8-19(14-17)27(32)33/h3-14,21H,2H2,1H3,(H,24,28)(H,25,29). The Morgan fingerprint density at radius 1 is 0.824 bits per heavy atom. The van der Waals surface area contributed by atoms with Gasteiger partial charge in [-0.2, -0.15) is 0 Å². The van der Waals surface area contributed by atoms with Gasteiger partial charge in [0.1, 0.15) is 11.9 Å². The van der Waals surface area contributed by atoms with Gasteiger partial charge in [-0.25, -0.2) is 0 Å². The number of hydrogen-bond acceptors (Lipinski definition) is 7. The summed E-state index contributed by atoms with van der Waals surface area (Å²) in [6, 6.07) is 16.9. The van der Waals surface area contributed by atoms with Crippen LogP contribution in [0, 0.1) is 20.2 Å². The molecule has 2 N–H and O–H groups in total. The summed E-state index contributed by atoms with van der Waals surface area (Å²) < 4.78 is 5.41. The summed E-state index contributed by atoms with van der Waals surface area (Å²) in [5.41, 5.74) is 0.0160. The van der Waals surface area contributed by atoms with Gasteiger partial charge in [0.05, 0.1) is 16.5 Å². The van der Waals surface area contributed by atoms with E-state index in [-0.39, 0.29) is 22.5 Å². The third kappa shape index (κ3) is 5.91. The van der Waals surface area contributed by atoms with Crippen molar-refractivity contribution in [3.8, 4) is 5.75 Å². The highest BCUT2D eigenvalue weighted by atomic mass is 16.6. The summed E-state index contributed by atoms with van der Waals surface area (Å²) in [5.74, 6) is -0.746. The summed E-state index contributed by atoms with van der Waals surface area (Å²) in [6.45, 7) is 2.28. The van der Waals surface area contributed by atoms with E-state index in [1.54, 1.807) is 24.3 Å². The van der Waals surface area contributed by atoms with Crippen molar-refractivity contribution in [1.82, 2.24) is 10.6 Å². The molecule has 34 heavy (non-hydrogen) atoms. The van der Waals surface area contributed by atoms with Gasteiger partial charge in [0.25, 0.3) is 23.2 Å². The number of benzene rings is 3. The van der Waals surface area contributed by atoms with E-state index in [2.05, 4.69) is 10.6 Å². The smallest absolute Gasteiger partial charge is 0.270 e. The molecule has 0 aliphatic heterocycles. The van der Waals surface area contributed by atoms with Crippen LogP contribution >= 0.6 is 0 Å². The predicted molar refractivity (Wildman–Crippen MR) is 121 cm³/mol. The zero-order chi connectivity index (χ0) is 24.7. The van der Waals surface area contributed by atoms with Crippen LogP contribution in [0.1, 0.15) is 39.4 Å². The number of carbonyl (C=O) groups excluding carboxylic acids is 2. The molecule has 0 bridgehead atoms. The van der Waals surface area contributed by atoms with Gasteiger partial charge in [-0.1, -0.05) is 24.3 Å². The molecule has 174 valence electrons. The third-order valence-corrected chi connectivity index (χ3v) is 4.71. The number of nitro groups is 2. The number of non-ortho nitro benzene ring substituents is 2. The fraction of sp³-hybridized carbons (Fsp3) is 0.130. The Labute approximate surface area is 193 Å². The molecule has 0 aromatic heterocycles. The van der Waals surface area contributed by atoms with Crippen molar-refractivity contribution >= 4 is 23.2 Å². The molecule has 3 rings (SSSR count). The zero-order valence-corrected chi connectivity index (χ0v) is 18.0. The van der Waals surface area contributed by atoms with E-state index in [1.807, 2.05) is 6.92 Å². The molecule has 0 saturated carbocycles. The molecular weight excluding hydrogens is 444 g/mol. The van der Waals surface area contributed by atoms with Crippen LogP contribution in [0.4, 0.5) is 11.4 Å². The molecule has 0 fully saturated rings. The van der Waals surface area contributed by atoms with Crippen molar-refractivity contribution in [3.05, 3.63) is 110 Å². The van der Waals surface area contributed by atoms with Gasteiger partial charge >= 0.3 is 0 Å². The Bertz CT molecular complexity index is 1160.